The van der Waals surface area contributed by atoms with E-state index in [-0.39, 0.29) is 11.8 Å². The average molecular weight is 519 g/mol. The number of halogens is 2. The van der Waals surface area contributed by atoms with Gasteiger partial charge in [-0.25, -0.2) is 0 Å². The highest BCUT2D eigenvalue weighted by Crippen LogP contribution is 2.41. The Morgan fingerprint density at radius 3 is 2.55 bits per heavy atom. The minimum Gasteiger partial charge on any atom is -0.326 e. The molecular formula is C24H24ClIN2O. The molecule has 1 heterocycles. The molecule has 0 saturated heterocycles. The van der Waals surface area contributed by atoms with Crippen molar-refractivity contribution in [1.29, 1.82) is 0 Å². The van der Waals surface area contributed by atoms with Crippen LogP contribution in [0.3, 0.4) is 0 Å². The van der Waals surface area contributed by atoms with Crippen LogP contribution in [0.4, 0.5) is 5.69 Å². The molecule has 1 saturated carbocycles. The first-order valence-corrected chi connectivity index (χ1v) is 11.6. The number of carbonyl (C=O) groups excluding carboxylic acids is 1. The van der Waals surface area contributed by atoms with Crippen molar-refractivity contribution in [2.75, 3.05) is 5.32 Å². The number of nitrogens with one attached hydrogen (secondary N) is 1. The van der Waals surface area contributed by atoms with Crippen molar-refractivity contribution in [2.45, 2.75) is 38.5 Å². The van der Waals surface area contributed by atoms with Gasteiger partial charge in [-0.2, -0.15) is 0 Å². The summed E-state index contributed by atoms with van der Waals surface area (Å²) in [6.45, 7) is 2.06. The molecule has 3 nitrogen and oxygen atoms in total. The summed E-state index contributed by atoms with van der Waals surface area (Å²) in [5.74, 6) is 1.06. The first kappa shape index (κ1) is 20.6. The highest BCUT2D eigenvalue weighted by molar-refractivity contribution is 14.1. The zero-order valence-electron chi connectivity index (χ0n) is 16.4. The molecule has 0 spiro atoms. The van der Waals surface area contributed by atoms with E-state index in [2.05, 4.69) is 64.1 Å². The van der Waals surface area contributed by atoms with Gasteiger partial charge >= 0.3 is 0 Å². The molecule has 1 fully saturated rings. The second-order valence-corrected chi connectivity index (χ2v) is 9.64. The number of pyridine rings is 1. The van der Waals surface area contributed by atoms with Crippen LogP contribution in [0, 0.1) is 15.4 Å². The molecule has 3 aromatic rings. The van der Waals surface area contributed by atoms with Gasteiger partial charge in [0.05, 0.1) is 5.52 Å². The van der Waals surface area contributed by atoms with E-state index in [9.17, 15) is 4.79 Å². The Balaban J connectivity index is 1.41. The summed E-state index contributed by atoms with van der Waals surface area (Å²) < 4.78 is 1.24. The molecule has 0 aliphatic heterocycles. The Kier molecular flexibility index (Phi) is 6.40. The van der Waals surface area contributed by atoms with Crippen molar-refractivity contribution in [1.82, 2.24) is 4.98 Å². The molecule has 1 aliphatic rings. The minimum atomic E-state index is 0.00163. The fourth-order valence-electron chi connectivity index (χ4n) is 4.43. The summed E-state index contributed by atoms with van der Waals surface area (Å²) in [5, 5.41) is 4.98. The molecule has 1 aromatic heterocycles. The van der Waals surface area contributed by atoms with Gasteiger partial charge in [0.2, 0.25) is 5.91 Å². The molecular weight excluding hydrogens is 495 g/mol. The summed E-state index contributed by atoms with van der Waals surface area (Å²) in [5.41, 5.74) is 3.28. The van der Waals surface area contributed by atoms with Gasteiger partial charge in [0.15, 0.2) is 0 Å². The lowest BCUT2D eigenvalue weighted by atomic mass is 9.73. The lowest BCUT2D eigenvalue weighted by molar-refractivity contribution is -0.121. The molecule has 1 N–H and O–H groups in total. The zero-order valence-corrected chi connectivity index (χ0v) is 19.3. The average Bonchev–Trinajstić information content (AvgIpc) is 2.74. The van der Waals surface area contributed by atoms with Gasteiger partial charge in [-0.1, -0.05) is 18.5 Å². The quantitative estimate of drug-likeness (QED) is 0.376. The molecule has 1 atom stereocenters. The maximum atomic E-state index is 12.7. The van der Waals surface area contributed by atoms with E-state index in [1.807, 2.05) is 18.3 Å². The number of aromatic nitrogens is 1. The molecule has 150 valence electrons. The van der Waals surface area contributed by atoms with Crippen LogP contribution in [0.5, 0.6) is 0 Å². The maximum Gasteiger partial charge on any atom is 0.227 e. The Morgan fingerprint density at radius 1 is 1.10 bits per heavy atom. The largest absolute Gasteiger partial charge is 0.326 e. The molecule has 1 aliphatic carbocycles. The van der Waals surface area contributed by atoms with Crippen molar-refractivity contribution in [3.05, 3.63) is 68.9 Å². The molecule has 5 heteroatoms. The van der Waals surface area contributed by atoms with Crippen LogP contribution in [0.15, 0.2) is 54.7 Å². The highest BCUT2D eigenvalue weighted by Gasteiger charge is 2.30. The lowest BCUT2D eigenvalue weighted by Crippen LogP contribution is -2.29. The van der Waals surface area contributed by atoms with Crippen LogP contribution >= 0.6 is 34.2 Å². The normalized spacial score (nSPS) is 20.4. The fourth-order valence-corrected chi connectivity index (χ4v) is 5.05. The minimum absolute atomic E-state index is 0.00163. The van der Waals surface area contributed by atoms with Crippen LogP contribution in [-0.2, 0) is 4.79 Å². The predicted molar refractivity (Wildman–Crippen MR) is 128 cm³/mol. The van der Waals surface area contributed by atoms with Crippen LogP contribution in [0.2, 0.25) is 5.02 Å². The molecule has 2 aromatic carbocycles. The third-order valence-electron chi connectivity index (χ3n) is 6.18. The number of rotatable bonds is 4. The zero-order chi connectivity index (χ0) is 20.4. The number of anilines is 1. The summed E-state index contributed by atoms with van der Waals surface area (Å²) in [6, 6.07) is 15.9. The maximum absolute atomic E-state index is 12.7. The molecule has 29 heavy (non-hydrogen) atoms. The first-order valence-electron chi connectivity index (χ1n) is 10.1. The monoisotopic (exact) mass is 518 g/mol. The van der Waals surface area contributed by atoms with E-state index < -0.39 is 0 Å². The molecule has 1 amide bonds. The SMILES string of the molecule is C[C@@H](C(=O)Nc1ccc(Cl)cc1)[C@H]1CC[C@@H](c2ccnc3ccc(I)cc32)CC1. The van der Waals surface area contributed by atoms with Gasteiger partial charge in [-0.15, -0.1) is 0 Å². The van der Waals surface area contributed by atoms with E-state index in [1.54, 1.807) is 12.1 Å². The summed E-state index contributed by atoms with van der Waals surface area (Å²) in [4.78, 5) is 17.2. The summed E-state index contributed by atoms with van der Waals surface area (Å²) in [6.07, 6.45) is 6.32. The summed E-state index contributed by atoms with van der Waals surface area (Å²) >= 11 is 8.29. The number of amides is 1. The van der Waals surface area contributed by atoms with Crippen LogP contribution in [-0.4, -0.2) is 10.9 Å². The van der Waals surface area contributed by atoms with Crippen LogP contribution in [0.25, 0.3) is 10.9 Å². The van der Waals surface area contributed by atoms with E-state index >= 15 is 0 Å². The third kappa shape index (κ3) is 4.75. The number of hydrogen-bond acceptors (Lipinski definition) is 2. The second-order valence-electron chi connectivity index (χ2n) is 7.96. The smallest absolute Gasteiger partial charge is 0.227 e. The van der Waals surface area contributed by atoms with Crippen molar-refractivity contribution < 1.29 is 4.79 Å². The number of hydrogen-bond donors (Lipinski definition) is 1. The fraction of sp³-hybridized carbons (Fsp3) is 0.333. The Labute approximate surface area is 190 Å². The number of nitrogens with zero attached hydrogens (tertiary/aromatic N) is 1. The van der Waals surface area contributed by atoms with Gasteiger partial charge in [-0.05, 0) is 114 Å². The lowest BCUT2D eigenvalue weighted by Gasteiger charge is -2.32. The van der Waals surface area contributed by atoms with Gasteiger partial charge in [-0.3, -0.25) is 9.78 Å². The molecule has 0 unspecified atom stereocenters. The van der Waals surface area contributed by atoms with Gasteiger partial charge in [0.1, 0.15) is 0 Å². The van der Waals surface area contributed by atoms with Gasteiger partial charge < -0.3 is 5.32 Å². The Morgan fingerprint density at radius 2 is 1.83 bits per heavy atom. The number of benzene rings is 2. The number of carbonyl (C=O) groups is 1. The highest BCUT2D eigenvalue weighted by atomic mass is 127. The van der Waals surface area contributed by atoms with Gasteiger partial charge in [0, 0.05) is 31.8 Å². The van der Waals surface area contributed by atoms with Crippen molar-refractivity contribution in [3.8, 4) is 0 Å². The number of fused-ring (bicyclic) bond motifs is 1. The van der Waals surface area contributed by atoms with Crippen molar-refractivity contribution in [3.63, 3.8) is 0 Å². The molecule has 0 bridgehead atoms. The van der Waals surface area contributed by atoms with Crippen molar-refractivity contribution >= 4 is 56.7 Å². The second kappa shape index (κ2) is 9.00. The molecule has 4 rings (SSSR count). The van der Waals surface area contributed by atoms with E-state index in [4.69, 9.17) is 11.6 Å². The van der Waals surface area contributed by atoms with Crippen molar-refractivity contribution in [2.24, 2.45) is 11.8 Å². The molecule has 0 radical (unpaired) electrons. The third-order valence-corrected chi connectivity index (χ3v) is 7.10. The van der Waals surface area contributed by atoms with Gasteiger partial charge in [0.25, 0.3) is 0 Å². The Bertz CT molecular complexity index is 1010. The first-order chi connectivity index (χ1) is 14.0. The van der Waals surface area contributed by atoms with Crippen LogP contribution in [0.1, 0.15) is 44.1 Å². The predicted octanol–water partition coefficient (Wildman–Crippen LogP) is 7.04. The van der Waals surface area contributed by atoms with E-state index in [0.29, 0.717) is 16.9 Å². The topological polar surface area (TPSA) is 42.0 Å². The Hall–Kier alpha value is -1.66. The van der Waals surface area contributed by atoms with E-state index in [0.717, 1.165) is 36.9 Å². The standard InChI is InChI=1S/C24H24ClIN2O/c1-15(24(29)28-20-9-6-18(25)7-10-20)16-2-4-17(5-3-16)21-12-13-27-23-11-8-19(26)14-22(21)23/h6-17H,2-5H2,1H3,(H,28,29)/t15-,16-,17+/m1/s1. The van der Waals surface area contributed by atoms with E-state index in [1.165, 1.54) is 14.5 Å². The summed E-state index contributed by atoms with van der Waals surface area (Å²) in [7, 11) is 0. The van der Waals surface area contributed by atoms with Crippen LogP contribution < -0.4 is 5.32 Å².